The lowest BCUT2D eigenvalue weighted by molar-refractivity contribution is 0.218. The predicted molar refractivity (Wildman–Crippen MR) is 128 cm³/mol. The van der Waals surface area contributed by atoms with E-state index < -0.39 is 10.8 Å². The number of nitrogens with zero attached hydrogens (tertiary/aromatic N) is 2. The van der Waals surface area contributed by atoms with Crippen LogP contribution in [0.2, 0.25) is 0 Å². The highest BCUT2D eigenvalue weighted by molar-refractivity contribution is 7.87. The molecule has 0 aliphatic carbocycles. The smallest absolute Gasteiger partial charge is 0.127 e. The molecule has 0 bridgehead atoms. The van der Waals surface area contributed by atoms with Crippen molar-refractivity contribution in [1.82, 2.24) is 10.3 Å². The SMILES string of the molecule is CCC(=CN=CN)c1cc(C2=CC(C)NC=C2)c2c(N)c(S(=O)CCOC)sc2n1. The second-order valence-corrected chi connectivity index (χ2v) is 9.56. The summed E-state index contributed by atoms with van der Waals surface area (Å²) in [4.78, 5) is 9.67. The molecule has 0 amide bonds. The Bertz CT molecular complexity index is 1070. The van der Waals surface area contributed by atoms with E-state index in [2.05, 4.69) is 23.3 Å². The van der Waals surface area contributed by atoms with Gasteiger partial charge in [-0.25, -0.2) is 9.98 Å². The Labute approximate surface area is 183 Å². The average molecular weight is 446 g/mol. The number of ether oxygens (including phenoxy) is 1. The third-order valence-corrected chi connectivity index (χ3v) is 7.61. The van der Waals surface area contributed by atoms with E-state index in [9.17, 15) is 4.21 Å². The molecule has 5 N–H and O–H groups in total. The van der Waals surface area contributed by atoms with E-state index in [-0.39, 0.29) is 6.04 Å². The van der Waals surface area contributed by atoms with E-state index in [1.807, 2.05) is 25.3 Å². The summed E-state index contributed by atoms with van der Waals surface area (Å²) < 4.78 is 18.5. The van der Waals surface area contributed by atoms with Gasteiger partial charge in [-0.1, -0.05) is 13.0 Å². The van der Waals surface area contributed by atoms with Gasteiger partial charge in [0.25, 0.3) is 0 Å². The van der Waals surface area contributed by atoms with E-state index in [0.717, 1.165) is 39.0 Å². The zero-order chi connectivity index (χ0) is 21.7. The molecule has 2 aromatic heterocycles. The van der Waals surface area contributed by atoms with Gasteiger partial charge in [0.2, 0.25) is 0 Å². The van der Waals surface area contributed by atoms with Gasteiger partial charge in [0, 0.05) is 24.7 Å². The fourth-order valence-corrected chi connectivity index (χ4v) is 5.79. The molecule has 0 fully saturated rings. The molecule has 0 spiro atoms. The van der Waals surface area contributed by atoms with Crippen LogP contribution < -0.4 is 16.8 Å². The Hall–Kier alpha value is -2.49. The van der Waals surface area contributed by atoms with Crippen LogP contribution in [0.25, 0.3) is 21.4 Å². The first-order chi connectivity index (χ1) is 14.5. The Morgan fingerprint density at radius 2 is 2.30 bits per heavy atom. The van der Waals surface area contributed by atoms with Crippen LogP contribution in [0.15, 0.2) is 39.8 Å². The molecule has 0 aromatic carbocycles. The van der Waals surface area contributed by atoms with E-state index in [1.165, 1.54) is 17.7 Å². The van der Waals surface area contributed by atoms with Gasteiger partial charge in [-0.2, -0.15) is 0 Å². The van der Waals surface area contributed by atoms with Crippen molar-refractivity contribution >= 4 is 55.5 Å². The molecule has 7 nitrogen and oxygen atoms in total. The molecule has 1 aliphatic heterocycles. The van der Waals surface area contributed by atoms with Gasteiger partial charge < -0.3 is 21.5 Å². The minimum absolute atomic E-state index is 0.190. The molecular formula is C21H27N5O2S2. The number of thiophene rings is 1. The van der Waals surface area contributed by atoms with Crippen LogP contribution >= 0.6 is 11.3 Å². The van der Waals surface area contributed by atoms with Gasteiger partial charge in [0.15, 0.2) is 0 Å². The number of nitrogen functional groups attached to an aromatic ring is 1. The number of rotatable bonds is 8. The van der Waals surface area contributed by atoms with Gasteiger partial charge in [-0.15, -0.1) is 11.3 Å². The topological polar surface area (TPSA) is 116 Å². The maximum Gasteiger partial charge on any atom is 0.127 e. The molecule has 3 rings (SSSR count). The van der Waals surface area contributed by atoms with E-state index in [0.29, 0.717) is 22.3 Å². The fourth-order valence-electron chi connectivity index (χ4n) is 3.23. The summed E-state index contributed by atoms with van der Waals surface area (Å²) in [5.74, 6) is 0.393. The predicted octanol–water partition coefficient (Wildman–Crippen LogP) is 3.26. The van der Waals surface area contributed by atoms with E-state index in [1.54, 1.807) is 13.3 Å². The first kappa shape index (κ1) is 22.2. The van der Waals surface area contributed by atoms with E-state index >= 15 is 0 Å². The Morgan fingerprint density at radius 1 is 1.50 bits per heavy atom. The van der Waals surface area contributed by atoms with Crippen molar-refractivity contribution in [2.75, 3.05) is 25.2 Å². The number of pyridine rings is 1. The summed E-state index contributed by atoms with van der Waals surface area (Å²) in [6.45, 7) is 4.53. The Balaban J connectivity index is 2.25. The van der Waals surface area contributed by atoms with Gasteiger partial charge in [-0.05, 0) is 48.4 Å². The molecule has 0 radical (unpaired) electrons. The van der Waals surface area contributed by atoms with Crippen LogP contribution in [0, 0.1) is 0 Å². The summed E-state index contributed by atoms with van der Waals surface area (Å²) in [6, 6.07) is 2.22. The normalized spacial score (nSPS) is 18.0. The van der Waals surface area contributed by atoms with Gasteiger partial charge in [0.1, 0.15) is 9.04 Å². The molecule has 0 saturated carbocycles. The quantitative estimate of drug-likeness (QED) is 0.424. The molecule has 2 unspecified atom stereocenters. The van der Waals surface area contributed by atoms with Gasteiger partial charge in [-0.3, -0.25) is 4.21 Å². The summed E-state index contributed by atoms with van der Waals surface area (Å²) in [5, 5.41) is 4.10. The second kappa shape index (κ2) is 10.0. The number of allylic oxidation sites excluding steroid dienone is 3. The molecule has 9 heteroatoms. The summed E-state index contributed by atoms with van der Waals surface area (Å²) >= 11 is 1.38. The largest absolute Gasteiger partial charge is 0.396 e. The molecule has 1 aliphatic rings. The number of nitrogens with one attached hydrogen (secondary N) is 1. The average Bonchev–Trinajstić information content (AvgIpc) is 3.08. The number of anilines is 1. The summed E-state index contributed by atoms with van der Waals surface area (Å²) in [6.07, 6.45) is 9.82. The third kappa shape index (κ3) is 4.63. The maximum absolute atomic E-state index is 12.8. The van der Waals surface area contributed by atoms with Crippen molar-refractivity contribution in [3.05, 3.63) is 41.9 Å². The molecule has 160 valence electrons. The maximum atomic E-state index is 12.8. The molecule has 2 atom stereocenters. The van der Waals surface area contributed by atoms with Crippen molar-refractivity contribution in [3.8, 4) is 0 Å². The number of dihydropyridines is 1. The lowest BCUT2D eigenvalue weighted by Gasteiger charge is -2.17. The fraction of sp³-hybridized carbons (Fsp3) is 0.333. The highest BCUT2D eigenvalue weighted by atomic mass is 32.2. The van der Waals surface area contributed by atoms with Crippen LogP contribution in [-0.4, -0.2) is 41.0 Å². The number of aromatic nitrogens is 1. The lowest BCUT2D eigenvalue weighted by atomic mass is 9.97. The van der Waals surface area contributed by atoms with Crippen molar-refractivity contribution in [2.24, 2.45) is 10.7 Å². The molecule has 3 heterocycles. The standard InChI is InChI=1S/C21H27N5O2S2/c1-4-14(11-24-12-22)17-10-16(15-5-6-25-13(2)9-15)18-19(23)21(29-20(18)26-17)30(27)8-7-28-3/h5-6,9-13,25H,4,7-8,23H2,1-3H3,(H2,22,24). The first-order valence-corrected chi connectivity index (χ1v) is 11.8. The molecule has 0 saturated heterocycles. The number of methoxy groups -OCH3 is 1. The monoisotopic (exact) mass is 445 g/mol. The highest BCUT2D eigenvalue weighted by Crippen LogP contribution is 2.41. The van der Waals surface area contributed by atoms with Crippen LogP contribution in [0.3, 0.4) is 0 Å². The number of fused-ring (bicyclic) bond motifs is 1. The minimum atomic E-state index is -1.25. The number of hydrogen-bond donors (Lipinski definition) is 3. The molecule has 30 heavy (non-hydrogen) atoms. The van der Waals surface area contributed by atoms with Crippen molar-refractivity contribution in [1.29, 1.82) is 0 Å². The zero-order valence-electron chi connectivity index (χ0n) is 17.3. The van der Waals surface area contributed by atoms with Gasteiger partial charge >= 0.3 is 0 Å². The Kier molecular flexibility index (Phi) is 7.41. The van der Waals surface area contributed by atoms with Gasteiger partial charge in [0.05, 0.1) is 40.9 Å². The van der Waals surface area contributed by atoms with Crippen LogP contribution in [-0.2, 0) is 15.5 Å². The zero-order valence-corrected chi connectivity index (χ0v) is 19.0. The Morgan fingerprint density at radius 3 is 2.97 bits per heavy atom. The second-order valence-electron chi connectivity index (χ2n) is 6.80. The first-order valence-electron chi connectivity index (χ1n) is 9.68. The lowest BCUT2D eigenvalue weighted by Crippen LogP contribution is -2.20. The minimum Gasteiger partial charge on any atom is -0.396 e. The number of hydrogen-bond acceptors (Lipinski definition) is 7. The van der Waals surface area contributed by atoms with Crippen LogP contribution in [0.5, 0.6) is 0 Å². The summed E-state index contributed by atoms with van der Waals surface area (Å²) in [5.41, 5.74) is 16.2. The van der Waals surface area contributed by atoms with Crippen LogP contribution in [0.4, 0.5) is 5.69 Å². The molecular weight excluding hydrogens is 418 g/mol. The highest BCUT2D eigenvalue weighted by Gasteiger charge is 2.22. The third-order valence-electron chi connectivity index (χ3n) is 4.73. The number of nitrogens with two attached hydrogens (primary N) is 2. The van der Waals surface area contributed by atoms with E-state index in [4.69, 9.17) is 21.2 Å². The van der Waals surface area contributed by atoms with Crippen molar-refractivity contribution in [3.63, 3.8) is 0 Å². The van der Waals surface area contributed by atoms with Crippen molar-refractivity contribution in [2.45, 2.75) is 30.5 Å². The van der Waals surface area contributed by atoms with Crippen LogP contribution in [0.1, 0.15) is 31.5 Å². The molecule has 2 aromatic rings. The number of aliphatic imine (C=N–C) groups is 1. The summed E-state index contributed by atoms with van der Waals surface area (Å²) in [7, 11) is 0.347. The van der Waals surface area contributed by atoms with Crippen molar-refractivity contribution < 1.29 is 8.95 Å².